The lowest BCUT2D eigenvalue weighted by Gasteiger charge is -2.24. The van der Waals surface area contributed by atoms with Crippen LogP contribution in [0, 0.1) is 6.92 Å². The highest BCUT2D eigenvalue weighted by Crippen LogP contribution is 2.44. The molecule has 3 fully saturated rings. The molecule has 204 valence electrons. The Morgan fingerprint density at radius 3 is 2.72 bits per heavy atom. The van der Waals surface area contributed by atoms with E-state index in [4.69, 9.17) is 28.9 Å². The fraction of sp³-hybridized carbons (Fsp3) is 0.500. The Hall–Kier alpha value is -3.49. The molecular weight excluding hydrogens is 504 g/mol. The van der Waals surface area contributed by atoms with Crippen molar-refractivity contribution in [3.05, 3.63) is 42.4 Å². The van der Waals surface area contributed by atoms with Gasteiger partial charge in [0.2, 0.25) is 0 Å². The van der Waals surface area contributed by atoms with E-state index in [1.165, 1.54) is 5.56 Å². The fourth-order valence-corrected chi connectivity index (χ4v) is 5.38. The SMILES string of the molecule is Cc1ccc(-c2cn(-c3nc(NC4CCOC4)c4ncn([C@@H]5O[C@H](CO)[C@H]6OC(C)(C)O[C@H]65)c4n3)nn2)cc1. The maximum atomic E-state index is 9.97. The minimum absolute atomic E-state index is 0.0956. The number of aromatic nitrogens is 7. The van der Waals surface area contributed by atoms with Crippen molar-refractivity contribution in [1.82, 2.24) is 34.5 Å². The van der Waals surface area contributed by atoms with Gasteiger partial charge in [-0.15, -0.1) is 5.10 Å². The first-order valence-corrected chi connectivity index (χ1v) is 13.1. The number of hydrogen-bond acceptors (Lipinski definition) is 11. The molecule has 3 aliphatic heterocycles. The lowest BCUT2D eigenvalue weighted by Crippen LogP contribution is -2.31. The Morgan fingerprint density at radius 2 is 1.95 bits per heavy atom. The second-order valence-corrected chi connectivity index (χ2v) is 10.6. The number of ether oxygens (including phenoxy) is 4. The zero-order valence-electron chi connectivity index (χ0n) is 21.9. The van der Waals surface area contributed by atoms with Gasteiger partial charge >= 0.3 is 0 Å². The molecule has 1 aromatic carbocycles. The molecule has 3 aliphatic rings. The van der Waals surface area contributed by atoms with Crippen LogP contribution in [0.15, 0.2) is 36.8 Å². The summed E-state index contributed by atoms with van der Waals surface area (Å²) in [7, 11) is 0. The van der Waals surface area contributed by atoms with Crippen LogP contribution in [0.25, 0.3) is 28.4 Å². The number of rotatable bonds is 6. The molecule has 0 aliphatic carbocycles. The molecule has 3 saturated heterocycles. The molecule has 0 amide bonds. The second kappa shape index (κ2) is 9.31. The lowest BCUT2D eigenvalue weighted by atomic mass is 10.1. The lowest BCUT2D eigenvalue weighted by molar-refractivity contribution is -0.199. The first kappa shape index (κ1) is 24.5. The first-order chi connectivity index (χ1) is 18.9. The third-order valence-corrected chi connectivity index (χ3v) is 7.31. The van der Waals surface area contributed by atoms with Gasteiger partial charge in [-0.3, -0.25) is 4.57 Å². The van der Waals surface area contributed by atoms with Crippen molar-refractivity contribution in [2.45, 2.75) is 63.6 Å². The van der Waals surface area contributed by atoms with Crippen LogP contribution in [-0.2, 0) is 18.9 Å². The molecule has 4 aromatic rings. The number of imidazole rings is 1. The summed E-state index contributed by atoms with van der Waals surface area (Å²) in [4.78, 5) is 14.3. The van der Waals surface area contributed by atoms with Crippen molar-refractivity contribution < 1.29 is 24.1 Å². The van der Waals surface area contributed by atoms with Crippen LogP contribution < -0.4 is 5.32 Å². The van der Waals surface area contributed by atoms with Crippen molar-refractivity contribution >= 4 is 17.0 Å². The smallest absolute Gasteiger partial charge is 0.256 e. The Bertz CT molecular complexity index is 1500. The zero-order chi connectivity index (χ0) is 26.7. The van der Waals surface area contributed by atoms with Crippen LogP contribution >= 0.6 is 0 Å². The van der Waals surface area contributed by atoms with E-state index in [2.05, 4.69) is 20.6 Å². The summed E-state index contributed by atoms with van der Waals surface area (Å²) in [5, 5.41) is 22.1. The molecule has 13 nitrogen and oxygen atoms in total. The predicted octanol–water partition coefficient (Wildman–Crippen LogP) is 1.99. The van der Waals surface area contributed by atoms with Crippen molar-refractivity contribution in [3.63, 3.8) is 0 Å². The number of hydrogen-bond donors (Lipinski definition) is 2. The normalized spacial score (nSPS) is 27.8. The van der Waals surface area contributed by atoms with Crippen LogP contribution in [-0.4, -0.2) is 89.6 Å². The van der Waals surface area contributed by atoms with Gasteiger partial charge in [0.15, 0.2) is 29.0 Å². The van der Waals surface area contributed by atoms with E-state index in [9.17, 15) is 5.11 Å². The maximum Gasteiger partial charge on any atom is 0.256 e. The van der Waals surface area contributed by atoms with Crippen LogP contribution in [0.2, 0.25) is 0 Å². The summed E-state index contributed by atoms with van der Waals surface area (Å²) in [5.41, 5.74) is 3.93. The van der Waals surface area contributed by atoms with Gasteiger partial charge in [-0.05, 0) is 27.2 Å². The monoisotopic (exact) mass is 534 g/mol. The Balaban J connectivity index is 1.31. The van der Waals surface area contributed by atoms with Gasteiger partial charge in [0.1, 0.15) is 24.0 Å². The third-order valence-electron chi connectivity index (χ3n) is 7.31. The molecule has 13 heteroatoms. The number of aliphatic hydroxyl groups is 1. The third kappa shape index (κ3) is 4.36. The molecular formula is C26H30N8O5. The van der Waals surface area contributed by atoms with Crippen LogP contribution in [0.1, 0.15) is 32.1 Å². The van der Waals surface area contributed by atoms with Crippen molar-refractivity contribution in [3.8, 4) is 17.2 Å². The number of benzene rings is 1. The van der Waals surface area contributed by atoms with Gasteiger partial charge in [0, 0.05) is 12.2 Å². The Morgan fingerprint density at radius 1 is 1.13 bits per heavy atom. The van der Waals surface area contributed by atoms with Gasteiger partial charge in [-0.25, -0.2) is 4.98 Å². The number of aliphatic hydroxyl groups excluding tert-OH is 1. The minimum atomic E-state index is -0.802. The van der Waals surface area contributed by atoms with Gasteiger partial charge in [0.05, 0.1) is 31.8 Å². The van der Waals surface area contributed by atoms with Crippen molar-refractivity contribution in [2.24, 2.45) is 0 Å². The standard InChI is InChI=1S/C26H30N8O5/c1-14-4-6-15(7-5-14)17-10-34(32-31-17)25-29-22(28-16-8-9-36-12-16)19-23(30-25)33(13-27-19)24-21-20(18(11-35)37-24)38-26(2,3)39-21/h4-7,10,13,16,18,20-21,24,35H,8-9,11-12H2,1-3H3,(H,28,29,30)/t16?,18-,20-,21-,24-/m1/s1. The number of anilines is 1. The molecule has 0 bridgehead atoms. The highest BCUT2D eigenvalue weighted by Gasteiger charge is 2.56. The van der Waals surface area contributed by atoms with Gasteiger partial charge in [0.25, 0.3) is 5.95 Å². The van der Waals surface area contributed by atoms with E-state index in [0.29, 0.717) is 41.8 Å². The number of fused-ring (bicyclic) bond motifs is 2. The molecule has 2 N–H and O–H groups in total. The average molecular weight is 535 g/mol. The van der Waals surface area contributed by atoms with E-state index in [1.807, 2.05) is 49.6 Å². The largest absolute Gasteiger partial charge is 0.394 e. The number of nitrogens with one attached hydrogen (secondary N) is 1. The van der Waals surface area contributed by atoms with Crippen LogP contribution in [0.5, 0.6) is 0 Å². The van der Waals surface area contributed by atoms with E-state index in [-0.39, 0.29) is 12.6 Å². The van der Waals surface area contributed by atoms with E-state index < -0.39 is 30.3 Å². The quantitative estimate of drug-likeness (QED) is 0.375. The molecule has 7 rings (SSSR count). The highest BCUT2D eigenvalue weighted by atomic mass is 16.8. The van der Waals surface area contributed by atoms with E-state index in [0.717, 1.165) is 12.0 Å². The Kier molecular flexibility index (Phi) is 5.86. The zero-order valence-corrected chi connectivity index (χ0v) is 21.9. The summed E-state index contributed by atoms with van der Waals surface area (Å²) >= 11 is 0. The van der Waals surface area contributed by atoms with E-state index in [1.54, 1.807) is 17.2 Å². The first-order valence-electron chi connectivity index (χ1n) is 13.1. The van der Waals surface area contributed by atoms with Crippen molar-refractivity contribution in [1.29, 1.82) is 0 Å². The molecule has 1 unspecified atom stereocenters. The summed E-state index contributed by atoms with van der Waals surface area (Å²) < 4.78 is 27.4. The molecule has 0 saturated carbocycles. The summed E-state index contributed by atoms with van der Waals surface area (Å²) in [6, 6.07) is 8.18. The predicted molar refractivity (Wildman–Crippen MR) is 138 cm³/mol. The average Bonchev–Trinajstić information content (AvgIpc) is 3.73. The molecule has 3 aromatic heterocycles. The molecule has 5 atom stereocenters. The second-order valence-electron chi connectivity index (χ2n) is 10.6. The van der Waals surface area contributed by atoms with Gasteiger partial charge in [-0.1, -0.05) is 35.0 Å². The maximum absolute atomic E-state index is 9.97. The number of nitrogens with zero attached hydrogens (tertiary/aromatic N) is 7. The summed E-state index contributed by atoms with van der Waals surface area (Å²) in [6.07, 6.45) is 2.30. The molecule has 0 spiro atoms. The van der Waals surface area contributed by atoms with E-state index >= 15 is 0 Å². The summed E-state index contributed by atoms with van der Waals surface area (Å²) in [6.45, 7) is 6.82. The fourth-order valence-electron chi connectivity index (χ4n) is 5.38. The molecule has 39 heavy (non-hydrogen) atoms. The van der Waals surface area contributed by atoms with Crippen molar-refractivity contribution in [2.75, 3.05) is 25.1 Å². The number of aryl methyl sites for hydroxylation is 1. The summed E-state index contributed by atoms with van der Waals surface area (Å²) in [5.74, 6) is 0.0892. The van der Waals surface area contributed by atoms with Crippen LogP contribution in [0.3, 0.4) is 0 Å². The molecule has 0 radical (unpaired) electrons. The topological polar surface area (TPSA) is 143 Å². The highest BCUT2D eigenvalue weighted by molar-refractivity contribution is 5.84. The Labute approximate surface area is 224 Å². The van der Waals surface area contributed by atoms with Crippen LogP contribution in [0.4, 0.5) is 5.82 Å². The van der Waals surface area contributed by atoms with Gasteiger partial charge in [-0.2, -0.15) is 14.6 Å². The molecule has 6 heterocycles. The van der Waals surface area contributed by atoms with Gasteiger partial charge < -0.3 is 29.4 Å². The minimum Gasteiger partial charge on any atom is -0.394 e.